The minimum atomic E-state index is -3.82. The molecule has 2 rings (SSSR count). The molecule has 0 unspecified atom stereocenters. The number of hydrogen-bond acceptors (Lipinski definition) is 4. The zero-order valence-corrected chi connectivity index (χ0v) is 13.3. The predicted octanol–water partition coefficient (Wildman–Crippen LogP) is 2.84. The molecule has 0 amide bonds. The lowest BCUT2D eigenvalue weighted by molar-refractivity contribution is 0.101. The molecule has 2 N–H and O–H groups in total. The molecule has 0 aromatic heterocycles. The number of carbonyl (C=O) groups excluding carboxylic acids is 1. The van der Waals surface area contributed by atoms with E-state index in [1.807, 2.05) is 0 Å². The summed E-state index contributed by atoms with van der Waals surface area (Å²) in [6.45, 7) is 1.06. The van der Waals surface area contributed by atoms with Gasteiger partial charge in [-0.1, -0.05) is 23.7 Å². The second-order valence-electron chi connectivity index (χ2n) is 4.65. The fourth-order valence-electron chi connectivity index (χ4n) is 1.87. The number of carbonyl (C=O) groups is 1. The number of aliphatic hydroxyl groups excluding tert-OH is 1. The molecule has 116 valence electrons. The van der Waals surface area contributed by atoms with Crippen LogP contribution < -0.4 is 4.72 Å². The van der Waals surface area contributed by atoms with Gasteiger partial charge in [-0.3, -0.25) is 9.52 Å². The van der Waals surface area contributed by atoms with Crippen LogP contribution in [0.15, 0.2) is 47.4 Å². The number of hydrogen-bond donors (Lipinski definition) is 2. The molecule has 0 aliphatic heterocycles. The normalized spacial score (nSPS) is 11.2. The van der Waals surface area contributed by atoms with E-state index in [1.165, 1.54) is 49.4 Å². The van der Waals surface area contributed by atoms with Crippen molar-refractivity contribution in [2.24, 2.45) is 0 Å². The molecule has 0 heterocycles. The molecule has 0 fully saturated rings. The summed E-state index contributed by atoms with van der Waals surface area (Å²) in [4.78, 5) is 11.2. The van der Waals surface area contributed by atoms with Crippen LogP contribution in [0.4, 0.5) is 5.69 Å². The minimum absolute atomic E-state index is 0.0244. The van der Waals surface area contributed by atoms with Gasteiger partial charge in [0.2, 0.25) is 0 Å². The molecule has 5 nitrogen and oxygen atoms in total. The Morgan fingerprint density at radius 2 is 1.82 bits per heavy atom. The molecule has 7 heteroatoms. The van der Waals surface area contributed by atoms with Gasteiger partial charge in [-0.15, -0.1) is 0 Å². The second-order valence-corrected chi connectivity index (χ2v) is 6.76. The van der Waals surface area contributed by atoms with Gasteiger partial charge >= 0.3 is 0 Å². The molecule has 0 aliphatic carbocycles. The lowest BCUT2D eigenvalue weighted by atomic mass is 10.2. The average Bonchev–Trinajstić information content (AvgIpc) is 2.49. The summed E-state index contributed by atoms with van der Waals surface area (Å²) in [6.07, 6.45) is 0. The van der Waals surface area contributed by atoms with Crippen molar-refractivity contribution in [3.8, 4) is 0 Å². The maximum absolute atomic E-state index is 12.3. The Kier molecular flexibility index (Phi) is 4.85. The second kappa shape index (κ2) is 6.48. The predicted molar refractivity (Wildman–Crippen MR) is 84.6 cm³/mol. The Balaban J connectivity index is 2.33. The van der Waals surface area contributed by atoms with Crippen LogP contribution in [-0.2, 0) is 16.6 Å². The Morgan fingerprint density at radius 3 is 2.36 bits per heavy atom. The molecule has 0 saturated heterocycles. The van der Waals surface area contributed by atoms with Crippen LogP contribution >= 0.6 is 11.6 Å². The molecule has 22 heavy (non-hydrogen) atoms. The van der Waals surface area contributed by atoms with E-state index in [9.17, 15) is 18.3 Å². The summed E-state index contributed by atoms with van der Waals surface area (Å²) in [5.74, 6) is -0.142. The van der Waals surface area contributed by atoms with E-state index in [0.29, 0.717) is 16.1 Å². The molecular formula is C15H14ClNO4S. The van der Waals surface area contributed by atoms with Crippen molar-refractivity contribution < 1.29 is 18.3 Å². The number of nitrogens with one attached hydrogen (secondary N) is 1. The van der Waals surface area contributed by atoms with E-state index in [4.69, 9.17) is 11.6 Å². The van der Waals surface area contributed by atoms with Gasteiger partial charge in [0, 0.05) is 16.1 Å². The summed E-state index contributed by atoms with van der Waals surface area (Å²) in [5.41, 5.74) is 1.06. The van der Waals surface area contributed by atoms with Crippen LogP contribution in [-0.4, -0.2) is 19.3 Å². The molecule has 0 bridgehead atoms. The van der Waals surface area contributed by atoms with Gasteiger partial charge in [0.25, 0.3) is 10.0 Å². The summed E-state index contributed by atoms with van der Waals surface area (Å²) in [5, 5.41) is 9.68. The van der Waals surface area contributed by atoms with Crippen molar-refractivity contribution in [3.05, 3.63) is 58.6 Å². The van der Waals surface area contributed by atoms with E-state index in [-0.39, 0.29) is 23.0 Å². The summed E-state index contributed by atoms with van der Waals surface area (Å²) in [6, 6.07) is 10.1. The SMILES string of the molecule is CC(=O)c1ccc(S(=O)(=O)Nc2ccc(Cl)cc2CO)cc1. The standard InChI is InChI=1S/C15H14ClNO4S/c1-10(19)11-2-5-14(6-3-11)22(20,21)17-15-7-4-13(16)8-12(15)9-18/h2-8,17-18H,9H2,1H3. The van der Waals surface area contributed by atoms with Crippen molar-refractivity contribution in [3.63, 3.8) is 0 Å². The van der Waals surface area contributed by atoms with E-state index in [1.54, 1.807) is 0 Å². The highest BCUT2D eigenvalue weighted by Gasteiger charge is 2.16. The fourth-order valence-corrected chi connectivity index (χ4v) is 3.16. The van der Waals surface area contributed by atoms with Gasteiger partial charge in [0.15, 0.2) is 5.78 Å². The number of halogens is 1. The topological polar surface area (TPSA) is 83.5 Å². The van der Waals surface area contributed by atoms with Crippen molar-refractivity contribution in [2.45, 2.75) is 18.4 Å². The van der Waals surface area contributed by atoms with Crippen LogP contribution in [0.3, 0.4) is 0 Å². The average molecular weight is 340 g/mol. The van der Waals surface area contributed by atoms with Crippen LogP contribution in [0, 0.1) is 0 Å². The maximum Gasteiger partial charge on any atom is 0.261 e. The molecule has 2 aromatic rings. The summed E-state index contributed by atoms with van der Waals surface area (Å²) < 4.78 is 27.0. The first-order valence-electron chi connectivity index (χ1n) is 6.36. The van der Waals surface area contributed by atoms with E-state index in [2.05, 4.69) is 4.72 Å². The Labute approximate surface area is 133 Å². The summed E-state index contributed by atoms with van der Waals surface area (Å²) >= 11 is 5.81. The van der Waals surface area contributed by atoms with Crippen molar-refractivity contribution in [1.29, 1.82) is 0 Å². The van der Waals surface area contributed by atoms with Crippen LogP contribution in [0.25, 0.3) is 0 Å². The monoisotopic (exact) mass is 339 g/mol. The third-order valence-corrected chi connectivity index (χ3v) is 4.67. The lowest BCUT2D eigenvalue weighted by Crippen LogP contribution is -2.14. The number of benzene rings is 2. The van der Waals surface area contributed by atoms with Crippen LogP contribution in [0.1, 0.15) is 22.8 Å². The zero-order chi connectivity index (χ0) is 16.3. The van der Waals surface area contributed by atoms with Crippen LogP contribution in [0.2, 0.25) is 5.02 Å². The molecule has 0 saturated carbocycles. The third kappa shape index (κ3) is 3.65. The first-order valence-corrected chi connectivity index (χ1v) is 8.22. The van der Waals surface area contributed by atoms with E-state index >= 15 is 0 Å². The molecular weight excluding hydrogens is 326 g/mol. The molecule has 0 radical (unpaired) electrons. The van der Waals surface area contributed by atoms with E-state index in [0.717, 1.165) is 0 Å². The Bertz CT molecular complexity index is 801. The summed E-state index contributed by atoms with van der Waals surface area (Å²) in [7, 11) is -3.82. The van der Waals surface area contributed by atoms with Gasteiger partial charge in [-0.2, -0.15) is 0 Å². The lowest BCUT2D eigenvalue weighted by Gasteiger charge is -2.12. The number of aliphatic hydroxyl groups is 1. The van der Waals surface area contributed by atoms with Gasteiger partial charge in [0.1, 0.15) is 0 Å². The van der Waals surface area contributed by atoms with Gasteiger partial charge < -0.3 is 5.11 Å². The van der Waals surface area contributed by atoms with Crippen molar-refractivity contribution >= 4 is 33.1 Å². The minimum Gasteiger partial charge on any atom is -0.392 e. The maximum atomic E-state index is 12.3. The quantitative estimate of drug-likeness (QED) is 0.820. The Morgan fingerprint density at radius 1 is 1.18 bits per heavy atom. The zero-order valence-electron chi connectivity index (χ0n) is 11.7. The van der Waals surface area contributed by atoms with E-state index < -0.39 is 10.0 Å². The molecule has 0 aliphatic rings. The molecule has 2 aromatic carbocycles. The van der Waals surface area contributed by atoms with Crippen molar-refractivity contribution in [1.82, 2.24) is 0 Å². The molecule has 0 atom stereocenters. The van der Waals surface area contributed by atoms with Gasteiger partial charge in [0.05, 0.1) is 17.2 Å². The third-order valence-electron chi connectivity index (χ3n) is 3.05. The molecule has 0 spiro atoms. The number of Topliss-reactive ketones (excluding diaryl/α,β-unsaturated/α-hetero) is 1. The number of sulfonamides is 1. The highest BCUT2D eigenvalue weighted by atomic mass is 35.5. The highest BCUT2D eigenvalue weighted by molar-refractivity contribution is 7.92. The number of ketones is 1. The fraction of sp³-hybridized carbons (Fsp3) is 0.133. The first-order chi connectivity index (χ1) is 10.3. The number of rotatable bonds is 5. The number of anilines is 1. The first kappa shape index (κ1) is 16.5. The van der Waals surface area contributed by atoms with Crippen LogP contribution in [0.5, 0.6) is 0 Å². The van der Waals surface area contributed by atoms with Gasteiger partial charge in [-0.25, -0.2) is 8.42 Å². The van der Waals surface area contributed by atoms with Crippen molar-refractivity contribution in [2.75, 3.05) is 4.72 Å². The largest absolute Gasteiger partial charge is 0.392 e. The smallest absolute Gasteiger partial charge is 0.261 e. The Hall–Kier alpha value is -1.89. The van der Waals surface area contributed by atoms with Gasteiger partial charge in [-0.05, 0) is 37.3 Å². The highest BCUT2D eigenvalue weighted by Crippen LogP contribution is 2.24.